The van der Waals surface area contributed by atoms with Gasteiger partial charge in [-0.15, -0.1) is 11.3 Å². The van der Waals surface area contributed by atoms with Crippen molar-refractivity contribution in [1.82, 2.24) is 14.8 Å². The smallest absolute Gasteiger partial charge is 0.222 e. The molecule has 0 aliphatic carbocycles. The first-order valence-corrected chi connectivity index (χ1v) is 10.1. The molecule has 3 rings (SSSR count). The number of nitrogen functional groups attached to an aromatic ring is 1. The molecule has 0 saturated carbocycles. The molecule has 2 saturated heterocycles. The summed E-state index contributed by atoms with van der Waals surface area (Å²) in [6.07, 6.45) is 4.63. The Kier molecular flexibility index (Phi) is 6.13. The van der Waals surface area contributed by atoms with Crippen LogP contribution in [0.5, 0.6) is 0 Å². The maximum absolute atomic E-state index is 12.7. The lowest BCUT2D eigenvalue weighted by Gasteiger charge is -2.48. The number of carbonyl (C=O) groups excluding carboxylic acids is 2. The summed E-state index contributed by atoms with van der Waals surface area (Å²) in [4.78, 5) is 33.0. The normalized spacial score (nSPS) is 23.7. The number of carbonyl (C=O) groups is 2. The second-order valence-electron chi connectivity index (χ2n) is 7.40. The Morgan fingerprint density at radius 1 is 1.42 bits per heavy atom. The van der Waals surface area contributed by atoms with Gasteiger partial charge in [0.15, 0.2) is 5.13 Å². The summed E-state index contributed by atoms with van der Waals surface area (Å²) in [7, 11) is 1.65. The molecule has 0 bridgehead atoms. The molecule has 1 spiro atoms. The van der Waals surface area contributed by atoms with Crippen molar-refractivity contribution in [3.63, 3.8) is 0 Å². The number of nitrogens with two attached hydrogens (primary N) is 1. The number of methoxy groups -OCH3 is 1. The molecule has 3 heterocycles. The Morgan fingerprint density at radius 3 is 3.00 bits per heavy atom. The van der Waals surface area contributed by atoms with Crippen LogP contribution in [0.1, 0.15) is 37.8 Å². The summed E-state index contributed by atoms with van der Waals surface area (Å²) in [5.41, 5.74) is 6.58. The average molecular weight is 381 g/mol. The van der Waals surface area contributed by atoms with E-state index in [4.69, 9.17) is 10.5 Å². The standard InChI is InChI=1S/C18H28N4O3S/c1-25-10-9-22-13-18(7-5-16(22)24)6-2-8-21(12-18)15(23)4-3-14-11-26-17(19)20-14/h11H,2-10,12-13H2,1H3,(H2,19,20)/t18-/m0/s1. The van der Waals surface area contributed by atoms with Gasteiger partial charge in [0, 0.05) is 56.9 Å². The molecular formula is C18H28N4O3S. The summed E-state index contributed by atoms with van der Waals surface area (Å²) in [6.45, 7) is 3.49. The van der Waals surface area contributed by atoms with Gasteiger partial charge in [0.2, 0.25) is 11.8 Å². The van der Waals surface area contributed by atoms with E-state index in [1.165, 1.54) is 11.3 Å². The number of aromatic nitrogens is 1. The monoisotopic (exact) mass is 380 g/mol. The lowest BCUT2D eigenvalue weighted by atomic mass is 9.73. The summed E-state index contributed by atoms with van der Waals surface area (Å²) in [6, 6.07) is 0. The second kappa shape index (κ2) is 8.35. The maximum Gasteiger partial charge on any atom is 0.222 e. The molecule has 26 heavy (non-hydrogen) atoms. The van der Waals surface area contributed by atoms with Crippen LogP contribution in [0.2, 0.25) is 0 Å². The van der Waals surface area contributed by atoms with Gasteiger partial charge < -0.3 is 20.3 Å². The molecule has 8 heteroatoms. The van der Waals surface area contributed by atoms with Crippen LogP contribution in [0, 0.1) is 5.41 Å². The third-order valence-electron chi connectivity index (χ3n) is 5.49. The van der Waals surface area contributed by atoms with E-state index in [9.17, 15) is 9.59 Å². The lowest BCUT2D eigenvalue weighted by Crippen LogP contribution is -2.55. The molecule has 1 atom stereocenters. The lowest BCUT2D eigenvalue weighted by molar-refractivity contribution is -0.143. The van der Waals surface area contributed by atoms with Gasteiger partial charge in [0.25, 0.3) is 0 Å². The van der Waals surface area contributed by atoms with Crippen LogP contribution in [-0.4, -0.2) is 66.5 Å². The average Bonchev–Trinajstić information content (AvgIpc) is 3.06. The SMILES string of the molecule is COCCN1C[C@@]2(CCCN(C(=O)CCc3csc(N)n3)C2)CCC1=O. The Morgan fingerprint density at radius 2 is 2.27 bits per heavy atom. The molecule has 2 aliphatic rings. The van der Waals surface area contributed by atoms with Crippen LogP contribution in [0.25, 0.3) is 0 Å². The molecule has 2 aliphatic heterocycles. The van der Waals surface area contributed by atoms with Crippen LogP contribution in [0.15, 0.2) is 5.38 Å². The molecule has 0 unspecified atom stereocenters. The zero-order valence-electron chi connectivity index (χ0n) is 15.4. The highest BCUT2D eigenvalue weighted by atomic mass is 32.1. The zero-order valence-corrected chi connectivity index (χ0v) is 16.2. The predicted octanol–water partition coefficient (Wildman–Crippen LogP) is 1.54. The van der Waals surface area contributed by atoms with E-state index in [0.717, 1.165) is 44.6 Å². The fourth-order valence-electron chi connectivity index (χ4n) is 4.09. The van der Waals surface area contributed by atoms with E-state index in [1.807, 2.05) is 15.2 Å². The minimum atomic E-state index is 0.0423. The van der Waals surface area contributed by atoms with Crippen molar-refractivity contribution in [2.45, 2.75) is 38.5 Å². The molecule has 0 aromatic carbocycles. The third kappa shape index (κ3) is 4.54. The van der Waals surface area contributed by atoms with Gasteiger partial charge in [0.1, 0.15) is 0 Å². The molecule has 144 valence electrons. The number of thiazole rings is 1. The number of piperidine rings is 2. The molecule has 7 nitrogen and oxygen atoms in total. The first-order chi connectivity index (χ1) is 12.5. The number of hydrogen-bond donors (Lipinski definition) is 1. The first-order valence-electron chi connectivity index (χ1n) is 9.26. The number of likely N-dealkylation sites (tertiary alicyclic amines) is 2. The van der Waals surface area contributed by atoms with Crippen LogP contribution < -0.4 is 5.73 Å². The van der Waals surface area contributed by atoms with Crippen LogP contribution in [-0.2, 0) is 20.7 Å². The summed E-state index contributed by atoms with van der Waals surface area (Å²) < 4.78 is 5.13. The Bertz CT molecular complexity index is 650. The number of hydrogen-bond acceptors (Lipinski definition) is 6. The number of nitrogens with zero attached hydrogens (tertiary/aromatic N) is 3. The number of aryl methyl sites for hydroxylation is 1. The van der Waals surface area contributed by atoms with Gasteiger partial charge in [-0.3, -0.25) is 9.59 Å². The van der Waals surface area contributed by atoms with Gasteiger partial charge in [-0.05, 0) is 25.7 Å². The molecule has 2 N–H and O–H groups in total. The van der Waals surface area contributed by atoms with Crippen molar-refractivity contribution >= 4 is 28.3 Å². The number of amides is 2. The van der Waals surface area contributed by atoms with E-state index >= 15 is 0 Å². The maximum atomic E-state index is 12.7. The van der Waals surface area contributed by atoms with Crippen molar-refractivity contribution in [3.05, 3.63) is 11.1 Å². The van der Waals surface area contributed by atoms with Crippen molar-refractivity contribution in [3.8, 4) is 0 Å². The second-order valence-corrected chi connectivity index (χ2v) is 8.29. The number of rotatable bonds is 6. The van der Waals surface area contributed by atoms with Crippen molar-refractivity contribution < 1.29 is 14.3 Å². The molecule has 0 radical (unpaired) electrons. The van der Waals surface area contributed by atoms with E-state index in [1.54, 1.807) is 7.11 Å². The zero-order chi connectivity index (χ0) is 18.6. The predicted molar refractivity (Wildman–Crippen MR) is 101 cm³/mol. The van der Waals surface area contributed by atoms with Crippen LogP contribution >= 0.6 is 11.3 Å². The Balaban J connectivity index is 1.57. The fourth-order valence-corrected chi connectivity index (χ4v) is 4.69. The minimum absolute atomic E-state index is 0.0423. The summed E-state index contributed by atoms with van der Waals surface area (Å²) in [5, 5.41) is 2.47. The minimum Gasteiger partial charge on any atom is -0.383 e. The van der Waals surface area contributed by atoms with Gasteiger partial charge in [-0.25, -0.2) is 4.98 Å². The molecule has 2 amide bonds. The number of anilines is 1. The van der Waals surface area contributed by atoms with Crippen molar-refractivity contribution in [2.24, 2.45) is 5.41 Å². The van der Waals surface area contributed by atoms with E-state index in [2.05, 4.69) is 4.98 Å². The van der Waals surface area contributed by atoms with Gasteiger partial charge in [-0.2, -0.15) is 0 Å². The molecule has 2 fully saturated rings. The highest BCUT2D eigenvalue weighted by Gasteiger charge is 2.42. The number of ether oxygens (including phenoxy) is 1. The van der Waals surface area contributed by atoms with Gasteiger partial charge >= 0.3 is 0 Å². The molecule has 1 aromatic rings. The van der Waals surface area contributed by atoms with Gasteiger partial charge in [0.05, 0.1) is 12.3 Å². The highest BCUT2D eigenvalue weighted by molar-refractivity contribution is 7.13. The van der Waals surface area contributed by atoms with E-state index in [0.29, 0.717) is 37.5 Å². The van der Waals surface area contributed by atoms with Crippen LogP contribution in [0.4, 0.5) is 5.13 Å². The summed E-state index contributed by atoms with van der Waals surface area (Å²) >= 11 is 1.41. The Hall–Kier alpha value is -1.67. The third-order valence-corrected chi connectivity index (χ3v) is 6.21. The van der Waals surface area contributed by atoms with Crippen molar-refractivity contribution in [2.75, 3.05) is 45.6 Å². The van der Waals surface area contributed by atoms with E-state index < -0.39 is 0 Å². The quantitative estimate of drug-likeness (QED) is 0.809. The van der Waals surface area contributed by atoms with E-state index in [-0.39, 0.29) is 17.2 Å². The highest BCUT2D eigenvalue weighted by Crippen LogP contribution is 2.39. The Labute approximate surface area is 158 Å². The fraction of sp³-hybridized carbons (Fsp3) is 0.722. The van der Waals surface area contributed by atoms with Crippen molar-refractivity contribution in [1.29, 1.82) is 0 Å². The first kappa shape index (κ1) is 19.1. The van der Waals surface area contributed by atoms with Gasteiger partial charge in [-0.1, -0.05) is 0 Å². The van der Waals surface area contributed by atoms with Crippen LogP contribution in [0.3, 0.4) is 0 Å². The molecule has 1 aromatic heterocycles. The largest absolute Gasteiger partial charge is 0.383 e. The molecular weight excluding hydrogens is 352 g/mol. The summed E-state index contributed by atoms with van der Waals surface area (Å²) in [5.74, 6) is 0.383. The topological polar surface area (TPSA) is 88.8 Å².